The molecule has 1 amide bonds. The summed E-state index contributed by atoms with van der Waals surface area (Å²) >= 11 is 0. The van der Waals surface area contributed by atoms with E-state index in [1.807, 2.05) is 0 Å². The third-order valence-corrected chi connectivity index (χ3v) is 4.06. The Kier molecular flexibility index (Phi) is 6.49. The molecule has 0 saturated heterocycles. The minimum absolute atomic E-state index is 0.0224. The Morgan fingerprint density at radius 2 is 1.65 bits per heavy atom. The summed E-state index contributed by atoms with van der Waals surface area (Å²) in [6.07, 6.45) is -4.52. The number of amides is 1. The Balaban J connectivity index is 1.81. The zero-order valence-electron chi connectivity index (χ0n) is 15.8. The highest BCUT2D eigenvalue weighted by molar-refractivity contribution is 6.09. The molecule has 0 unspecified atom stereocenters. The third kappa shape index (κ3) is 6.26. The number of hydrogen-bond donors (Lipinski definition) is 3. The molecule has 0 aliphatic heterocycles. The van der Waals surface area contributed by atoms with E-state index in [0.29, 0.717) is 5.56 Å². The molecule has 3 aromatic rings. The van der Waals surface area contributed by atoms with Crippen LogP contribution >= 0.6 is 0 Å². The number of H-pyrrole nitrogens is 1. The summed E-state index contributed by atoms with van der Waals surface area (Å²) in [6, 6.07) is 13.5. The number of hydrogen-bond acceptors (Lipinski definition) is 3. The Bertz CT molecular complexity index is 1140. The Hall–Kier alpha value is -3.95. The number of nitrogens with one attached hydrogen (secondary N) is 3. The summed E-state index contributed by atoms with van der Waals surface area (Å²) in [5.41, 5.74) is -0.650. The average Bonchev–Trinajstić information content (AvgIpc) is 2.72. The molecule has 0 saturated carbocycles. The zero-order valence-corrected chi connectivity index (χ0v) is 15.8. The minimum atomic E-state index is -4.52. The van der Waals surface area contributed by atoms with Gasteiger partial charge in [0.15, 0.2) is 0 Å². The Morgan fingerprint density at radius 3 is 2.26 bits per heavy atom. The number of alkyl halides is 3. The molecule has 0 fully saturated rings. The van der Waals surface area contributed by atoms with Crippen molar-refractivity contribution >= 4 is 17.7 Å². The number of aromatic nitrogens is 1. The van der Waals surface area contributed by atoms with Crippen molar-refractivity contribution < 1.29 is 22.4 Å². The van der Waals surface area contributed by atoms with Crippen LogP contribution < -0.4 is 16.2 Å². The molecular weight excluding hydrogens is 416 g/mol. The molecule has 2 aromatic carbocycles. The van der Waals surface area contributed by atoms with Crippen LogP contribution in [0.1, 0.15) is 21.5 Å². The van der Waals surface area contributed by atoms with Gasteiger partial charge in [0.1, 0.15) is 11.6 Å². The van der Waals surface area contributed by atoms with E-state index in [1.165, 1.54) is 42.5 Å². The number of carbonyl (C=O) groups excluding carboxylic acids is 1. The number of benzene rings is 2. The van der Waals surface area contributed by atoms with Gasteiger partial charge in [-0.25, -0.2) is 9.38 Å². The zero-order chi connectivity index (χ0) is 22.4. The van der Waals surface area contributed by atoms with Crippen molar-refractivity contribution in [2.45, 2.75) is 12.7 Å². The van der Waals surface area contributed by atoms with Crippen LogP contribution in [0.2, 0.25) is 0 Å². The first-order valence-corrected chi connectivity index (χ1v) is 8.94. The molecule has 3 N–H and O–H groups in total. The average molecular weight is 432 g/mol. The van der Waals surface area contributed by atoms with Gasteiger partial charge in [-0.1, -0.05) is 18.2 Å². The van der Waals surface area contributed by atoms with E-state index in [-0.39, 0.29) is 23.9 Å². The predicted octanol–water partition coefficient (Wildman–Crippen LogP) is 3.93. The van der Waals surface area contributed by atoms with E-state index >= 15 is 0 Å². The van der Waals surface area contributed by atoms with E-state index in [4.69, 9.17) is 0 Å². The molecule has 0 atom stereocenters. The van der Waals surface area contributed by atoms with Crippen LogP contribution in [0, 0.1) is 5.82 Å². The number of aliphatic imine (C=N–C) groups is 1. The first-order chi connectivity index (χ1) is 14.7. The van der Waals surface area contributed by atoms with Gasteiger partial charge in [0.25, 0.3) is 5.91 Å². The molecule has 1 heterocycles. The van der Waals surface area contributed by atoms with Gasteiger partial charge in [-0.15, -0.1) is 0 Å². The van der Waals surface area contributed by atoms with Crippen LogP contribution in [-0.4, -0.2) is 16.9 Å². The minimum Gasteiger partial charge on any atom is -0.312 e. The first kappa shape index (κ1) is 21.8. The van der Waals surface area contributed by atoms with Crippen LogP contribution in [0.3, 0.4) is 0 Å². The van der Waals surface area contributed by atoms with Gasteiger partial charge in [0.05, 0.1) is 12.1 Å². The van der Waals surface area contributed by atoms with Gasteiger partial charge in [0.2, 0.25) is 11.5 Å². The molecule has 1 aromatic heterocycles. The standard InChI is InChI=1S/C21H16F4N4O2/c22-16-10-4-13(5-11-16)12-26-20(28-17-2-1-3-18(30)27-17)29-19(31)14-6-8-15(9-7-14)21(23,24)25/h1-11H,12H2,(H3,26,27,28,29,30,31). The smallest absolute Gasteiger partial charge is 0.312 e. The quantitative estimate of drug-likeness (QED) is 0.332. The largest absolute Gasteiger partial charge is 0.416 e. The van der Waals surface area contributed by atoms with Crippen molar-refractivity contribution in [2.24, 2.45) is 4.99 Å². The number of halogens is 4. The van der Waals surface area contributed by atoms with Crippen molar-refractivity contribution in [3.8, 4) is 0 Å². The number of guanidine groups is 1. The monoisotopic (exact) mass is 432 g/mol. The summed E-state index contributed by atoms with van der Waals surface area (Å²) in [6.45, 7) is 0.0625. The highest BCUT2D eigenvalue weighted by atomic mass is 19.4. The Labute approximate surface area is 173 Å². The molecule has 0 bridgehead atoms. The van der Waals surface area contributed by atoms with Crippen molar-refractivity contribution in [1.82, 2.24) is 10.3 Å². The lowest BCUT2D eigenvalue weighted by atomic mass is 10.1. The normalized spacial score (nSPS) is 11.8. The number of pyridine rings is 1. The number of aromatic amines is 1. The maximum atomic E-state index is 13.1. The topological polar surface area (TPSA) is 86.3 Å². The van der Waals surface area contributed by atoms with Gasteiger partial charge < -0.3 is 10.3 Å². The van der Waals surface area contributed by atoms with Crippen molar-refractivity contribution in [1.29, 1.82) is 0 Å². The van der Waals surface area contributed by atoms with Crippen LogP contribution in [0.5, 0.6) is 0 Å². The van der Waals surface area contributed by atoms with Crippen molar-refractivity contribution in [3.05, 3.63) is 99.6 Å². The number of rotatable bonds is 4. The van der Waals surface area contributed by atoms with Gasteiger partial charge in [-0.3, -0.25) is 14.9 Å². The molecule has 0 aliphatic carbocycles. The fourth-order valence-electron chi connectivity index (χ4n) is 2.51. The molecule has 0 aliphatic rings. The third-order valence-electron chi connectivity index (χ3n) is 4.06. The molecule has 31 heavy (non-hydrogen) atoms. The van der Waals surface area contributed by atoms with Crippen molar-refractivity contribution in [3.63, 3.8) is 0 Å². The first-order valence-electron chi connectivity index (χ1n) is 8.94. The van der Waals surface area contributed by atoms with E-state index in [9.17, 15) is 27.2 Å². The summed E-state index contributed by atoms with van der Waals surface area (Å²) in [5.74, 6) is -0.949. The highest BCUT2D eigenvalue weighted by Gasteiger charge is 2.30. The molecular formula is C21H16F4N4O2. The molecule has 0 radical (unpaired) electrons. The predicted molar refractivity (Wildman–Crippen MR) is 107 cm³/mol. The number of nitrogens with zero attached hydrogens (tertiary/aromatic N) is 1. The molecule has 160 valence electrons. The summed E-state index contributed by atoms with van der Waals surface area (Å²) < 4.78 is 51.2. The van der Waals surface area contributed by atoms with Crippen LogP contribution in [0.25, 0.3) is 0 Å². The van der Waals surface area contributed by atoms with Gasteiger partial charge in [-0.2, -0.15) is 13.2 Å². The number of carbonyl (C=O) groups is 1. The van der Waals surface area contributed by atoms with Crippen LogP contribution in [0.15, 0.2) is 76.5 Å². The summed E-state index contributed by atoms with van der Waals surface area (Å²) in [5, 5.41) is 5.21. The lowest BCUT2D eigenvalue weighted by molar-refractivity contribution is -0.137. The van der Waals surface area contributed by atoms with Crippen molar-refractivity contribution in [2.75, 3.05) is 5.32 Å². The van der Waals surface area contributed by atoms with Gasteiger partial charge in [0, 0.05) is 11.6 Å². The fraction of sp³-hybridized carbons (Fsp3) is 0.0952. The molecule has 0 spiro atoms. The van der Waals surface area contributed by atoms with Crippen LogP contribution in [0.4, 0.5) is 23.4 Å². The Morgan fingerprint density at radius 1 is 0.968 bits per heavy atom. The molecule has 3 rings (SSSR count). The molecule has 6 nitrogen and oxygen atoms in total. The SMILES string of the molecule is O=C(NC(=NCc1ccc(F)cc1)Nc1cccc(=O)[nH]1)c1ccc(C(F)(F)F)cc1. The van der Waals surface area contributed by atoms with E-state index < -0.39 is 29.0 Å². The lowest BCUT2D eigenvalue weighted by Crippen LogP contribution is -2.36. The second kappa shape index (κ2) is 9.24. The number of anilines is 1. The summed E-state index contributed by atoms with van der Waals surface area (Å²) in [7, 11) is 0. The van der Waals surface area contributed by atoms with Gasteiger partial charge in [-0.05, 0) is 48.0 Å². The van der Waals surface area contributed by atoms with E-state index in [0.717, 1.165) is 24.3 Å². The van der Waals surface area contributed by atoms with E-state index in [1.54, 1.807) is 0 Å². The fourth-order valence-corrected chi connectivity index (χ4v) is 2.51. The highest BCUT2D eigenvalue weighted by Crippen LogP contribution is 2.29. The van der Waals surface area contributed by atoms with Crippen LogP contribution in [-0.2, 0) is 12.7 Å². The lowest BCUT2D eigenvalue weighted by Gasteiger charge is -2.12. The molecule has 10 heteroatoms. The van der Waals surface area contributed by atoms with E-state index in [2.05, 4.69) is 20.6 Å². The second-order valence-electron chi connectivity index (χ2n) is 6.37. The second-order valence-corrected chi connectivity index (χ2v) is 6.37. The summed E-state index contributed by atoms with van der Waals surface area (Å²) in [4.78, 5) is 30.7. The van der Waals surface area contributed by atoms with Gasteiger partial charge >= 0.3 is 6.18 Å². The maximum Gasteiger partial charge on any atom is 0.416 e. The maximum absolute atomic E-state index is 13.1.